The number of halogens is 1. The van der Waals surface area contributed by atoms with Gasteiger partial charge in [-0.2, -0.15) is 0 Å². The Morgan fingerprint density at radius 2 is 1.65 bits per heavy atom. The van der Waals surface area contributed by atoms with E-state index in [0.717, 1.165) is 23.5 Å². The number of ether oxygens (including phenoxy) is 3. The van der Waals surface area contributed by atoms with Gasteiger partial charge in [0.15, 0.2) is 0 Å². The molecule has 0 N–H and O–H groups in total. The van der Waals surface area contributed by atoms with E-state index in [-0.39, 0.29) is 0 Å². The molecule has 0 atom stereocenters. The predicted octanol–water partition coefficient (Wildman–Crippen LogP) is 4.62. The summed E-state index contributed by atoms with van der Waals surface area (Å²) >= 11 is 5.91. The summed E-state index contributed by atoms with van der Waals surface area (Å²) in [6.07, 6.45) is 6.31. The van der Waals surface area contributed by atoms with Crippen LogP contribution in [0.3, 0.4) is 0 Å². The second-order valence-electron chi connectivity index (χ2n) is 6.12. The molecular weight excluding hydrogens is 352 g/mol. The van der Waals surface area contributed by atoms with Gasteiger partial charge in [0.1, 0.15) is 11.5 Å². The van der Waals surface area contributed by atoms with Gasteiger partial charge in [0.2, 0.25) is 5.79 Å². The van der Waals surface area contributed by atoms with Gasteiger partial charge in [-0.15, -0.1) is 0 Å². The Bertz CT molecular complexity index is 827. The van der Waals surface area contributed by atoms with Crippen molar-refractivity contribution in [2.24, 2.45) is 0 Å². The zero-order valence-electron chi connectivity index (χ0n) is 14.2. The number of nitrogens with zero attached hydrogens (tertiary/aromatic N) is 2. The normalized spacial score (nSPS) is 16.3. The summed E-state index contributed by atoms with van der Waals surface area (Å²) in [7, 11) is 0. The van der Waals surface area contributed by atoms with Crippen molar-refractivity contribution in [2.75, 3.05) is 13.2 Å². The van der Waals surface area contributed by atoms with Crippen molar-refractivity contribution in [3.05, 3.63) is 77.8 Å². The molecule has 4 rings (SSSR count). The number of imidazole rings is 1. The highest BCUT2D eigenvalue weighted by atomic mass is 35.5. The highest BCUT2D eigenvalue weighted by Crippen LogP contribution is 2.34. The first-order chi connectivity index (χ1) is 12.7. The molecule has 1 fully saturated rings. The Labute approximate surface area is 157 Å². The van der Waals surface area contributed by atoms with Gasteiger partial charge in [-0.05, 0) is 55.0 Å². The van der Waals surface area contributed by atoms with Crippen molar-refractivity contribution in [1.29, 1.82) is 0 Å². The molecule has 0 unspecified atom stereocenters. The van der Waals surface area contributed by atoms with Gasteiger partial charge in [0, 0.05) is 23.0 Å². The summed E-state index contributed by atoms with van der Waals surface area (Å²) in [5.41, 5.74) is 0.953. The van der Waals surface area contributed by atoms with Crippen LogP contribution in [-0.2, 0) is 21.8 Å². The van der Waals surface area contributed by atoms with Gasteiger partial charge in [-0.3, -0.25) is 0 Å². The Morgan fingerprint density at radius 3 is 2.27 bits per heavy atom. The lowest BCUT2D eigenvalue weighted by Crippen LogP contribution is -2.41. The molecule has 2 aromatic carbocycles. The molecule has 3 aromatic rings. The molecule has 0 spiro atoms. The zero-order valence-corrected chi connectivity index (χ0v) is 14.9. The first kappa shape index (κ1) is 17.1. The second kappa shape index (κ2) is 7.50. The fourth-order valence-electron chi connectivity index (χ4n) is 2.96. The van der Waals surface area contributed by atoms with Crippen molar-refractivity contribution in [3.63, 3.8) is 0 Å². The summed E-state index contributed by atoms with van der Waals surface area (Å²) in [5.74, 6) is 0.669. The molecule has 0 bridgehead atoms. The maximum atomic E-state index is 6.07. The topological polar surface area (TPSA) is 45.5 Å². The van der Waals surface area contributed by atoms with E-state index in [1.165, 1.54) is 0 Å². The molecule has 0 radical (unpaired) electrons. The molecular formula is C20H19ClN2O3. The van der Waals surface area contributed by atoms with Crippen LogP contribution >= 0.6 is 11.6 Å². The van der Waals surface area contributed by atoms with Crippen LogP contribution in [0, 0.1) is 0 Å². The van der Waals surface area contributed by atoms with Crippen molar-refractivity contribution in [2.45, 2.75) is 18.8 Å². The molecule has 1 aromatic heterocycles. The van der Waals surface area contributed by atoms with Crippen molar-refractivity contribution in [3.8, 4) is 11.5 Å². The summed E-state index contributed by atoms with van der Waals surface area (Å²) in [6.45, 7) is 1.87. The molecule has 2 heterocycles. The fourth-order valence-corrected chi connectivity index (χ4v) is 3.09. The molecule has 1 saturated heterocycles. The van der Waals surface area contributed by atoms with E-state index in [0.29, 0.717) is 24.8 Å². The van der Waals surface area contributed by atoms with Crippen molar-refractivity contribution < 1.29 is 14.2 Å². The largest absolute Gasteiger partial charge is 0.457 e. The Balaban J connectivity index is 1.55. The average Bonchev–Trinajstić information content (AvgIpc) is 3.18. The summed E-state index contributed by atoms with van der Waals surface area (Å²) in [6, 6.07) is 15.1. The smallest absolute Gasteiger partial charge is 0.213 e. The maximum Gasteiger partial charge on any atom is 0.213 e. The molecule has 1 aliphatic heterocycles. The second-order valence-corrected chi connectivity index (χ2v) is 6.56. The minimum atomic E-state index is -0.808. The molecule has 0 aliphatic carbocycles. The third-order valence-electron chi connectivity index (χ3n) is 4.25. The molecule has 26 heavy (non-hydrogen) atoms. The standard InChI is InChI=1S/C20H19ClN2O3/c21-17-4-8-19(9-5-17)26-18-6-2-16(3-7-18)20(24-12-1-13-25-20)14-23-11-10-22-15-23/h2-11,15H,1,12-14H2. The first-order valence-electron chi connectivity index (χ1n) is 8.51. The molecule has 6 heteroatoms. The van der Waals surface area contributed by atoms with Crippen LogP contribution in [0.15, 0.2) is 67.3 Å². The first-order valence-corrected chi connectivity index (χ1v) is 8.89. The monoisotopic (exact) mass is 370 g/mol. The van der Waals surface area contributed by atoms with Crippen LogP contribution in [0.4, 0.5) is 0 Å². The van der Waals surface area contributed by atoms with Crippen molar-refractivity contribution in [1.82, 2.24) is 9.55 Å². The number of rotatable bonds is 5. The molecule has 0 saturated carbocycles. The SMILES string of the molecule is Clc1ccc(Oc2ccc(C3(Cn4ccnc4)OCCCO3)cc2)cc1. The lowest BCUT2D eigenvalue weighted by molar-refractivity contribution is -0.283. The molecule has 1 aliphatic rings. The Hall–Kier alpha value is -2.34. The quantitative estimate of drug-likeness (QED) is 0.657. The molecule has 0 amide bonds. The van der Waals surface area contributed by atoms with Crippen LogP contribution in [0.5, 0.6) is 11.5 Å². The minimum Gasteiger partial charge on any atom is -0.457 e. The van der Waals surface area contributed by atoms with E-state index in [4.69, 9.17) is 25.8 Å². The highest BCUT2D eigenvalue weighted by Gasteiger charge is 2.37. The van der Waals surface area contributed by atoms with Gasteiger partial charge < -0.3 is 18.8 Å². The van der Waals surface area contributed by atoms with Gasteiger partial charge in [0.05, 0.1) is 26.1 Å². The number of benzene rings is 2. The number of hydrogen-bond acceptors (Lipinski definition) is 4. The number of hydrogen-bond donors (Lipinski definition) is 0. The van der Waals surface area contributed by atoms with Crippen molar-refractivity contribution >= 4 is 11.6 Å². The third kappa shape index (κ3) is 3.75. The van der Waals surface area contributed by atoms with E-state index in [1.807, 2.05) is 47.2 Å². The predicted molar refractivity (Wildman–Crippen MR) is 98.4 cm³/mol. The van der Waals surface area contributed by atoms with E-state index in [2.05, 4.69) is 4.98 Å². The fraction of sp³-hybridized carbons (Fsp3) is 0.250. The summed E-state index contributed by atoms with van der Waals surface area (Å²) in [5, 5.41) is 0.681. The third-order valence-corrected chi connectivity index (χ3v) is 4.50. The zero-order chi connectivity index (χ0) is 17.8. The lowest BCUT2D eigenvalue weighted by Gasteiger charge is -2.37. The van der Waals surface area contributed by atoms with Gasteiger partial charge >= 0.3 is 0 Å². The Morgan fingerprint density at radius 1 is 1.00 bits per heavy atom. The van der Waals surface area contributed by atoms with Gasteiger partial charge in [0.25, 0.3) is 0 Å². The van der Waals surface area contributed by atoms with Crippen LogP contribution in [0.1, 0.15) is 12.0 Å². The average molecular weight is 371 g/mol. The molecule has 5 nitrogen and oxygen atoms in total. The number of aromatic nitrogens is 2. The van der Waals surface area contributed by atoms with Gasteiger partial charge in [-0.1, -0.05) is 11.6 Å². The Kier molecular flexibility index (Phi) is 4.93. The van der Waals surface area contributed by atoms with Crippen LogP contribution in [-0.4, -0.2) is 22.8 Å². The van der Waals surface area contributed by atoms with E-state index in [1.54, 1.807) is 24.7 Å². The van der Waals surface area contributed by atoms with Crippen LogP contribution < -0.4 is 4.74 Å². The summed E-state index contributed by atoms with van der Waals surface area (Å²) < 4.78 is 20.0. The van der Waals surface area contributed by atoms with Crippen LogP contribution in [0.2, 0.25) is 5.02 Å². The van der Waals surface area contributed by atoms with E-state index < -0.39 is 5.79 Å². The molecule has 134 valence electrons. The summed E-state index contributed by atoms with van der Waals surface area (Å²) in [4.78, 5) is 4.10. The lowest BCUT2D eigenvalue weighted by atomic mass is 10.0. The van der Waals surface area contributed by atoms with Gasteiger partial charge in [-0.25, -0.2) is 4.98 Å². The minimum absolute atomic E-state index is 0.546. The highest BCUT2D eigenvalue weighted by molar-refractivity contribution is 6.30. The van der Waals surface area contributed by atoms with E-state index in [9.17, 15) is 0 Å². The van der Waals surface area contributed by atoms with E-state index >= 15 is 0 Å². The maximum absolute atomic E-state index is 6.07. The van der Waals surface area contributed by atoms with Crippen LogP contribution in [0.25, 0.3) is 0 Å².